The first kappa shape index (κ1) is 36.4. The first-order valence-corrected chi connectivity index (χ1v) is 22.0. The fraction of sp³-hybridized carbons (Fsp3) is 0. The highest BCUT2D eigenvalue weighted by atomic mass is 16.3. The van der Waals surface area contributed by atoms with Crippen LogP contribution in [0.15, 0.2) is 209 Å². The Morgan fingerprint density at radius 3 is 1.23 bits per heavy atom. The van der Waals surface area contributed by atoms with Crippen molar-refractivity contribution in [2.24, 2.45) is 0 Å². The molecule has 0 fully saturated rings. The summed E-state index contributed by atoms with van der Waals surface area (Å²) in [5, 5.41) is 10.3. The second-order valence-corrected chi connectivity index (χ2v) is 16.8. The molecule has 14 rings (SSSR count). The van der Waals surface area contributed by atoms with Crippen molar-refractivity contribution in [1.82, 2.24) is 24.9 Å². The van der Waals surface area contributed by atoms with E-state index in [1.54, 1.807) is 0 Å². The van der Waals surface area contributed by atoms with Crippen LogP contribution >= 0.6 is 0 Å². The van der Waals surface area contributed by atoms with Gasteiger partial charge >= 0.3 is 0 Å². The molecule has 5 aromatic heterocycles. The second-order valence-electron chi connectivity index (χ2n) is 16.8. The topological polar surface area (TPSA) is 90.7 Å². The van der Waals surface area contributed by atoms with E-state index in [4.69, 9.17) is 33.8 Å². The van der Waals surface area contributed by atoms with E-state index in [1.165, 1.54) is 0 Å². The third-order valence-corrected chi connectivity index (χ3v) is 13.0. The van der Waals surface area contributed by atoms with Crippen LogP contribution in [-0.2, 0) is 0 Å². The predicted octanol–water partition coefficient (Wildman–Crippen LogP) is 15.4. The normalized spacial score (nSPS) is 11.9. The van der Waals surface area contributed by atoms with E-state index >= 15 is 0 Å². The lowest BCUT2D eigenvalue weighted by Gasteiger charge is -2.16. The minimum atomic E-state index is 0.515. The smallest absolute Gasteiger partial charge is 0.165 e. The summed E-state index contributed by atoms with van der Waals surface area (Å²) in [5.41, 5.74) is 11.4. The average molecular weight is 844 g/mol. The summed E-state index contributed by atoms with van der Waals surface area (Å²) >= 11 is 0. The van der Waals surface area contributed by atoms with E-state index in [2.05, 4.69) is 152 Å². The number of nitrogens with zero attached hydrogens (tertiary/aromatic N) is 5. The summed E-state index contributed by atoms with van der Waals surface area (Å²) in [6.45, 7) is 0. The number of fused-ring (bicyclic) bond motifs is 10. The predicted molar refractivity (Wildman–Crippen MR) is 267 cm³/mol. The fourth-order valence-electron chi connectivity index (χ4n) is 10.0. The van der Waals surface area contributed by atoms with Crippen molar-refractivity contribution in [3.63, 3.8) is 0 Å². The number of hydrogen-bond donors (Lipinski definition) is 0. The quantitative estimate of drug-likeness (QED) is 0.159. The molecule has 306 valence electrons. The minimum Gasteiger partial charge on any atom is -0.455 e. The Morgan fingerprint density at radius 2 is 0.712 bits per heavy atom. The van der Waals surface area contributed by atoms with Gasteiger partial charge in [0.1, 0.15) is 22.3 Å². The zero-order chi connectivity index (χ0) is 43.3. The number of para-hydroxylation sites is 4. The van der Waals surface area contributed by atoms with Gasteiger partial charge < -0.3 is 8.83 Å². The molecule has 0 saturated heterocycles. The van der Waals surface area contributed by atoms with Crippen molar-refractivity contribution in [3.8, 4) is 56.4 Å². The molecule has 66 heavy (non-hydrogen) atoms. The molecule has 0 spiro atoms. The lowest BCUT2D eigenvalue weighted by Crippen LogP contribution is -2.03. The summed E-state index contributed by atoms with van der Waals surface area (Å²) in [5.74, 6) is 1.60. The van der Waals surface area contributed by atoms with Crippen LogP contribution in [-0.4, -0.2) is 24.9 Å². The summed E-state index contributed by atoms with van der Waals surface area (Å²) in [6, 6.07) is 64.9. The van der Waals surface area contributed by atoms with Gasteiger partial charge in [0.15, 0.2) is 17.5 Å². The van der Waals surface area contributed by atoms with Gasteiger partial charge in [0.2, 0.25) is 0 Å². The molecule has 0 saturated carbocycles. The number of pyridine rings is 2. The van der Waals surface area contributed by atoms with Crippen LogP contribution < -0.4 is 0 Å². The Bertz CT molecular complexity index is 3940. The molecule has 0 unspecified atom stereocenters. The van der Waals surface area contributed by atoms with Crippen molar-refractivity contribution in [1.29, 1.82) is 0 Å². The van der Waals surface area contributed by atoms with Crippen molar-refractivity contribution < 1.29 is 8.83 Å². The van der Waals surface area contributed by atoms with E-state index < -0.39 is 0 Å². The van der Waals surface area contributed by atoms with Crippen LogP contribution in [0.5, 0.6) is 0 Å². The van der Waals surface area contributed by atoms with Crippen molar-refractivity contribution >= 4 is 87.2 Å². The number of hydrogen-bond acceptors (Lipinski definition) is 7. The maximum atomic E-state index is 6.69. The van der Waals surface area contributed by atoms with E-state index in [0.717, 1.165) is 126 Å². The van der Waals surface area contributed by atoms with Crippen molar-refractivity contribution in [2.75, 3.05) is 0 Å². The van der Waals surface area contributed by atoms with Gasteiger partial charge in [-0.1, -0.05) is 133 Å². The zero-order valence-electron chi connectivity index (χ0n) is 35.1. The standard InChI is InChI=1S/C59H33N5O2/c1-3-15-39-34(13-1)32-49-47(23-11-27-60-49)53(39)58-62-57(63-59(64-58)54-40-16-4-2-14-35(40)33-50-48(54)24-12-28-61-50)38-30-36(41-19-9-21-45-43-17-5-7-25-51(43)65-55(41)45)29-37(31-38)42-20-10-22-46-44-18-6-8-26-52(44)66-56(42)46/h1-33H. The Labute approximate surface area is 376 Å². The number of benzene rings is 9. The summed E-state index contributed by atoms with van der Waals surface area (Å²) in [4.78, 5) is 26.2. The molecule has 5 heterocycles. The van der Waals surface area contributed by atoms with Gasteiger partial charge in [-0.2, -0.15) is 0 Å². The number of aromatic nitrogens is 5. The second kappa shape index (κ2) is 14.2. The van der Waals surface area contributed by atoms with Gasteiger partial charge in [0.25, 0.3) is 0 Å². The molecular weight excluding hydrogens is 811 g/mol. The largest absolute Gasteiger partial charge is 0.455 e. The number of rotatable bonds is 5. The molecule has 0 N–H and O–H groups in total. The van der Waals surface area contributed by atoms with E-state index in [-0.39, 0.29) is 0 Å². The van der Waals surface area contributed by atoms with Gasteiger partial charge in [0.05, 0.1) is 11.0 Å². The molecule has 7 heteroatoms. The van der Waals surface area contributed by atoms with E-state index in [0.29, 0.717) is 17.5 Å². The molecule has 9 aromatic carbocycles. The van der Waals surface area contributed by atoms with Crippen molar-refractivity contribution in [3.05, 3.63) is 200 Å². The van der Waals surface area contributed by atoms with Crippen molar-refractivity contribution in [2.45, 2.75) is 0 Å². The summed E-state index contributed by atoms with van der Waals surface area (Å²) < 4.78 is 13.4. The molecule has 0 bridgehead atoms. The van der Waals surface area contributed by atoms with Crippen LogP contribution in [0.3, 0.4) is 0 Å². The highest BCUT2D eigenvalue weighted by Gasteiger charge is 2.23. The lowest BCUT2D eigenvalue weighted by molar-refractivity contribution is 0.670. The Morgan fingerprint density at radius 1 is 0.303 bits per heavy atom. The highest BCUT2D eigenvalue weighted by molar-refractivity contribution is 6.14. The van der Waals surface area contributed by atoms with Crippen LogP contribution in [0.2, 0.25) is 0 Å². The highest BCUT2D eigenvalue weighted by Crippen LogP contribution is 2.44. The van der Waals surface area contributed by atoms with Gasteiger partial charge in [-0.25, -0.2) is 15.0 Å². The molecule has 0 atom stereocenters. The Kier molecular flexibility index (Phi) is 7.85. The van der Waals surface area contributed by atoms with Crippen LogP contribution in [0.1, 0.15) is 0 Å². The van der Waals surface area contributed by atoms with Gasteiger partial charge in [-0.3, -0.25) is 9.97 Å². The minimum absolute atomic E-state index is 0.515. The SMILES string of the molecule is c1ccc2c(-c3nc(-c4cc(-c5cccc6c5oc5ccccc56)cc(-c5cccc6c5oc5ccccc56)c4)nc(-c4c5ccccc5cc5ncccc45)n3)c3cccnc3cc2c1. The average Bonchev–Trinajstić information content (AvgIpc) is 3.96. The fourth-order valence-corrected chi connectivity index (χ4v) is 10.0. The molecule has 0 aliphatic heterocycles. The summed E-state index contributed by atoms with van der Waals surface area (Å²) in [6.07, 6.45) is 3.66. The summed E-state index contributed by atoms with van der Waals surface area (Å²) in [7, 11) is 0. The maximum Gasteiger partial charge on any atom is 0.165 e. The first-order chi connectivity index (χ1) is 32.7. The Balaban J connectivity index is 1.11. The van der Waals surface area contributed by atoms with E-state index in [1.807, 2.05) is 48.8 Å². The molecule has 0 aliphatic rings. The Hall–Kier alpha value is -9.07. The molecule has 7 nitrogen and oxygen atoms in total. The monoisotopic (exact) mass is 843 g/mol. The van der Waals surface area contributed by atoms with E-state index in [9.17, 15) is 0 Å². The molecular formula is C59H33N5O2. The van der Waals surface area contributed by atoms with Crippen LogP contribution in [0, 0.1) is 0 Å². The maximum absolute atomic E-state index is 6.69. The van der Waals surface area contributed by atoms with Crippen LogP contribution in [0.4, 0.5) is 0 Å². The molecule has 14 aromatic rings. The van der Waals surface area contributed by atoms with Crippen LogP contribution in [0.25, 0.3) is 144 Å². The number of furan rings is 2. The van der Waals surface area contributed by atoms with Gasteiger partial charge in [0, 0.05) is 72.5 Å². The molecule has 0 aliphatic carbocycles. The molecule has 0 amide bonds. The third kappa shape index (κ3) is 5.60. The third-order valence-electron chi connectivity index (χ3n) is 13.0. The van der Waals surface area contributed by atoms with Gasteiger partial charge in [-0.05, 0) is 87.3 Å². The first-order valence-electron chi connectivity index (χ1n) is 22.0. The van der Waals surface area contributed by atoms with Gasteiger partial charge in [-0.15, -0.1) is 0 Å². The molecule has 0 radical (unpaired) electrons. The lowest BCUT2D eigenvalue weighted by atomic mass is 9.93. The zero-order valence-corrected chi connectivity index (χ0v) is 35.1.